The van der Waals surface area contributed by atoms with E-state index in [-0.39, 0.29) is 5.56 Å². The van der Waals surface area contributed by atoms with Crippen LogP contribution in [0.3, 0.4) is 0 Å². The molecule has 0 bridgehead atoms. The summed E-state index contributed by atoms with van der Waals surface area (Å²) in [6, 6.07) is 9.50. The number of hydrogen-bond acceptors (Lipinski definition) is 4. The Morgan fingerprint density at radius 2 is 2.06 bits per heavy atom. The lowest BCUT2D eigenvalue weighted by atomic mass is 10.0. The molecular weight excluding hydrogens is 432 g/mol. The molecule has 0 aliphatic carbocycles. The van der Waals surface area contributed by atoms with Gasteiger partial charge in [-0.15, -0.1) is 9.24 Å². The summed E-state index contributed by atoms with van der Waals surface area (Å²) >= 11 is 0. The summed E-state index contributed by atoms with van der Waals surface area (Å²) in [6.45, 7) is 4.52. The van der Waals surface area contributed by atoms with Gasteiger partial charge in [0.25, 0.3) is 0 Å². The van der Waals surface area contributed by atoms with Gasteiger partial charge in [-0.1, -0.05) is 19.4 Å². The van der Waals surface area contributed by atoms with E-state index in [2.05, 4.69) is 16.2 Å². The Kier molecular flexibility index (Phi) is 6.02. The van der Waals surface area contributed by atoms with Crippen molar-refractivity contribution in [1.29, 1.82) is 0 Å². The molecular formula is C24H23FNO5P. The van der Waals surface area contributed by atoms with E-state index in [0.717, 1.165) is 18.4 Å². The van der Waals surface area contributed by atoms with Crippen molar-refractivity contribution in [3.05, 3.63) is 75.3 Å². The molecule has 3 aromatic rings. The van der Waals surface area contributed by atoms with Crippen LogP contribution in [0.25, 0.3) is 11.3 Å². The predicted molar refractivity (Wildman–Crippen MR) is 123 cm³/mol. The maximum atomic E-state index is 14.9. The molecule has 2 atom stereocenters. The Labute approximate surface area is 186 Å². The largest absolute Gasteiger partial charge is 0.493 e. The van der Waals surface area contributed by atoms with E-state index in [4.69, 9.17) is 9.47 Å². The first-order chi connectivity index (χ1) is 15.3. The number of unbranched alkanes of at least 4 members (excludes halogenated alkanes) is 1. The van der Waals surface area contributed by atoms with Crippen molar-refractivity contribution >= 4 is 20.5 Å². The van der Waals surface area contributed by atoms with Crippen molar-refractivity contribution < 1.29 is 23.8 Å². The highest BCUT2D eigenvalue weighted by atomic mass is 31.0. The third kappa shape index (κ3) is 4.00. The second-order valence-electron chi connectivity index (χ2n) is 7.72. The topological polar surface area (TPSA) is 77.8 Å². The van der Waals surface area contributed by atoms with Crippen LogP contribution in [0.1, 0.15) is 47.5 Å². The molecule has 32 heavy (non-hydrogen) atoms. The van der Waals surface area contributed by atoms with E-state index in [0.29, 0.717) is 34.7 Å². The van der Waals surface area contributed by atoms with Gasteiger partial charge >= 0.3 is 5.97 Å². The smallest absolute Gasteiger partial charge is 0.341 e. The highest BCUT2D eigenvalue weighted by Crippen LogP contribution is 2.43. The molecule has 2 unspecified atom stereocenters. The normalized spacial score (nSPS) is 14.3. The maximum Gasteiger partial charge on any atom is 0.341 e. The van der Waals surface area contributed by atoms with Gasteiger partial charge < -0.3 is 19.1 Å². The van der Waals surface area contributed by atoms with Gasteiger partial charge in [-0.05, 0) is 42.4 Å². The molecule has 1 aliphatic heterocycles. The van der Waals surface area contributed by atoms with Crippen LogP contribution in [-0.2, 0) is 0 Å². The average Bonchev–Trinajstić information content (AvgIpc) is 2.74. The first-order valence-corrected chi connectivity index (χ1v) is 10.9. The Hall–Kier alpha value is -3.18. The van der Waals surface area contributed by atoms with E-state index < -0.39 is 29.0 Å². The number of halogens is 1. The number of benzene rings is 2. The third-order valence-corrected chi connectivity index (χ3v) is 5.76. The number of carboxylic acid groups (broad SMARTS) is 1. The molecule has 2 heterocycles. The second kappa shape index (κ2) is 8.75. The van der Waals surface area contributed by atoms with Crippen LogP contribution in [0.2, 0.25) is 0 Å². The monoisotopic (exact) mass is 455 g/mol. The van der Waals surface area contributed by atoms with Crippen LogP contribution in [0.15, 0.2) is 47.4 Å². The van der Waals surface area contributed by atoms with Crippen LogP contribution in [0, 0.1) is 12.7 Å². The predicted octanol–water partition coefficient (Wildman–Crippen LogP) is 4.28. The Morgan fingerprint density at radius 3 is 2.75 bits per heavy atom. The van der Waals surface area contributed by atoms with Gasteiger partial charge in [-0.3, -0.25) is 4.79 Å². The van der Waals surface area contributed by atoms with E-state index in [1.54, 1.807) is 18.2 Å². The molecule has 0 saturated carbocycles. The molecule has 8 heteroatoms. The van der Waals surface area contributed by atoms with Crippen LogP contribution in [0.5, 0.6) is 11.5 Å². The summed E-state index contributed by atoms with van der Waals surface area (Å²) in [5.74, 6) is -0.774. The minimum Gasteiger partial charge on any atom is -0.493 e. The molecule has 1 aliphatic rings. The minimum atomic E-state index is -1.36. The van der Waals surface area contributed by atoms with Gasteiger partial charge in [0.2, 0.25) is 6.23 Å². The summed E-state index contributed by atoms with van der Waals surface area (Å²) in [5, 5.41) is 10.1. The molecule has 0 radical (unpaired) electrons. The van der Waals surface area contributed by atoms with Crippen molar-refractivity contribution in [3.63, 3.8) is 0 Å². The summed E-state index contributed by atoms with van der Waals surface area (Å²) in [6.07, 6.45) is 2.12. The van der Waals surface area contributed by atoms with Gasteiger partial charge in [-0.25, -0.2) is 9.18 Å². The SMILES string of the molecule is CCCCOc1cc2c(cc1C)-c1cc(=O)c(C(=O)O)cn1C(c1ccc(P)cc1F)O2. The summed E-state index contributed by atoms with van der Waals surface area (Å²) < 4.78 is 28.4. The minimum absolute atomic E-state index is 0.220. The fourth-order valence-electron chi connectivity index (χ4n) is 3.70. The molecule has 2 aromatic carbocycles. The van der Waals surface area contributed by atoms with Gasteiger partial charge in [0.05, 0.1) is 12.3 Å². The molecule has 1 N–H and O–H groups in total. The van der Waals surface area contributed by atoms with Crippen molar-refractivity contribution in [2.24, 2.45) is 0 Å². The summed E-state index contributed by atoms with van der Waals surface area (Å²) in [7, 11) is 2.43. The lowest BCUT2D eigenvalue weighted by Crippen LogP contribution is -2.28. The van der Waals surface area contributed by atoms with Crippen molar-refractivity contribution in [2.75, 3.05) is 6.61 Å². The number of aryl methyl sites for hydroxylation is 1. The molecule has 0 amide bonds. The Balaban J connectivity index is 1.91. The van der Waals surface area contributed by atoms with E-state index in [9.17, 15) is 19.1 Å². The van der Waals surface area contributed by atoms with Gasteiger partial charge in [0.1, 0.15) is 22.9 Å². The molecule has 0 saturated heterocycles. The number of carbonyl (C=O) groups is 1. The number of nitrogens with zero attached hydrogens (tertiary/aromatic N) is 1. The highest BCUT2D eigenvalue weighted by molar-refractivity contribution is 7.27. The van der Waals surface area contributed by atoms with Crippen LogP contribution < -0.4 is 20.2 Å². The number of hydrogen-bond donors (Lipinski definition) is 1. The van der Waals surface area contributed by atoms with Crippen LogP contribution >= 0.6 is 9.24 Å². The van der Waals surface area contributed by atoms with Gasteiger partial charge in [-0.2, -0.15) is 0 Å². The first kappa shape index (κ1) is 22.0. The molecule has 0 spiro atoms. The zero-order chi connectivity index (χ0) is 23.0. The van der Waals surface area contributed by atoms with Crippen molar-refractivity contribution in [3.8, 4) is 22.8 Å². The maximum absolute atomic E-state index is 14.9. The third-order valence-electron chi connectivity index (χ3n) is 5.40. The van der Waals surface area contributed by atoms with Crippen LogP contribution in [-0.4, -0.2) is 22.2 Å². The molecule has 0 fully saturated rings. The number of rotatable bonds is 6. The number of pyridine rings is 1. The number of ether oxygens (including phenoxy) is 2. The zero-order valence-electron chi connectivity index (χ0n) is 17.7. The first-order valence-electron chi connectivity index (χ1n) is 10.3. The Bertz CT molecular complexity index is 1270. The second-order valence-corrected chi connectivity index (χ2v) is 8.38. The standard InChI is InChI=1S/C24H23FNO5P/c1-3-4-7-30-21-11-22-16(8-13(21)2)19-10-20(27)17(24(28)29)12-26(19)23(31-22)15-6-5-14(32)9-18(15)25/h5-6,8-12,23H,3-4,7,32H2,1-2H3,(H,28,29). The molecule has 166 valence electrons. The highest BCUT2D eigenvalue weighted by Gasteiger charge is 2.31. The van der Waals surface area contributed by atoms with Gasteiger partial charge in [0.15, 0.2) is 5.43 Å². The van der Waals surface area contributed by atoms with E-state index in [1.165, 1.54) is 22.9 Å². The average molecular weight is 455 g/mol. The van der Waals surface area contributed by atoms with Crippen molar-refractivity contribution in [1.82, 2.24) is 4.57 Å². The molecule has 6 nitrogen and oxygen atoms in total. The fourth-order valence-corrected chi connectivity index (χ4v) is 3.95. The summed E-state index contributed by atoms with van der Waals surface area (Å²) in [4.78, 5) is 24.1. The molecule has 4 rings (SSSR count). The van der Waals surface area contributed by atoms with E-state index in [1.807, 2.05) is 13.0 Å². The van der Waals surface area contributed by atoms with Gasteiger partial charge in [0, 0.05) is 29.5 Å². The molecule has 1 aromatic heterocycles. The van der Waals surface area contributed by atoms with Crippen molar-refractivity contribution in [2.45, 2.75) is 32.9 Å². The number of aromatic carboxylic acids is 1. The quantitative estimate of drug-likeness (QED) is 0.444. The lowest BCUT2D eigenvalue weighted by Gasteiger charge is -2.32. The Morgan fingerprint density at radius 1 is 1.28 bits per heavy atom. The number of carboxylic acids is 1. The van der Waals surface area contributed by atoms with E-state index >= 15 is 0 Å². The lowest BCUT2D eigenvalue weighted by molar-refractivity contribution is 0.0693. The number of aromatic nitrogens is 1. The van der Waals surface area contributed by atoms with Crippen LogP contribution in [0.4, 0.5) is 4.39 Å². The summed E-state index contributed by atoms with van der Waals surface area (Å²) in [5.41, 5.74) is 1.09. The number of fused-ring (bicyclic) bond motifs is 3. The zero-order valence-corrected chi connectivity index (χ0v) is 18.9. The fraction of sp³-hybridized carbons (Fsp3) is 0.250.